The van der Waals surface area contributed by atoms with E-state index in [4.69, 9.17) is 16.3 Å². The van der Waals surface area contributed by atoms with Gasteiger partial charge >= 0.3 is 5.97 Å². The first kappa shape index (κ1) is 18.3. The Morgan fingerprint density at radius 1 is 1.43 bits per heavy atom. The number of rotatable bonds is 9. The number of hydrogen-bond donors (Lipinski definition) is 1. The van der Waals surface area contributed by atoms with Crippen molar-refractivity contribution in [2.75, 3.05) is 19.4 Å². The van der Waals surface area contributed by atoms with Gasteiger partial charge in [-0.1, -0.05) is 30.7 Å². The van der Waals surface area contributed by atoms with Crippen LogP contribution in [0.1, 0.15) is 33.1 Å². The number of thioether (sulfide) groups is 1. The van der Waals surface area contributed by atoms with Crippen LogP contribution in [0.5, 0.6) is 0 Å². The molecule has 5 heteroatoms. The Morgan fingerprint density at radius 2 is 2.14 bits per heavy atom. The summed E-state index contributed by atoms with van der Waals surface area (Å²) in [6.45, 7) is 4.80. The van der Waals surface area contributed by atoms with Crippen molar-refractivity contribution in [2.24, 2.45) is 0 Å². The van der Waals surface area contributed by atoms with Gasteiger partial charge in [0.15, 0.2) is 0 Å². The summed E-state index contributed by atoms with van der Waals surface area (Å²) in [6, 6.07) is 7.82. The molecule has 0 fully saturated rings. The SMILES string of the molecule is CCCNC(C)(CCCSc1ccccc1Cl)C(=O)OC. The summed E-state index contributed by atoms with van der Waals surface area (Å²) in [6.07, 6.45) is 2.65. The molecule has 1 rings (SSSR count). The molecule has 0 saturated carbocycles. The lowest BCUT2D eigenvalue weighted by Crippen LogP contribution is -2.50. The maximum absolute atomic E-state index is 11.9. The van der Waals surface area contributed by atoms with Crippen LogP contribution >= 0.6 is 23.4 Å². The van der Waals surface area contributed by atoms with Crippen LogP contribution in [0, 0.1) is 0 Å². The van der Waals surface area contributed by atoms with E-state index in [1.165, 1.54) is 7.11 Å². The van der Waals surface area contributed by atoms with Gasteiger partial charge in [-0.2, -0.15) is 0 Å². The van der Waals surface area contributed by atoms with Crippen molar-refractivity contribution in [1.82, 2.24) is 5.32 Å². The number of halogens is 1. The first-order valence-electron chi connectivity index (χ1n) is 7.24. The average Bonchev–Trinajstić information content (AvgIpc) is 2.50. The predicted molar refractivity (Wildman–Crippen MR) is 90.1 cm³/mol. The van der Waals surface area contributed by atoms with Gasteiger partial charge in [-0.05, 0) is 50.6 Å². The summed E-state index contributed by atoms with van der Waals surface area (Å²) >= 11 is 7.85. The fourth-order valence-corrected chi connectivity index (χ4v) is 3.25. The maximum atomic E-state index is 11.9. The normalized spacial score (nSPS) is 13.7. The molecule has 1 atom stereocenters. The topological polar surface area (TPSA) is 38.3 Å². The number of methoxy groups -OCH3 is 1. The van der Waals surface area contributed by atoms with Crippen LogP contribution in [0.4, 0.5) is 0 Å². The first-order chi connectivity index (χ1) is 10.0. The van der Waals surface area contributed by atoms with Gasteiger partial charge < -0.3 is 10.1 Å². The van der Waals surface area contributed by atoms with Crippen LogP contribution in [0.3, 0.4) is 0 Å². The summed E-state index contributed by atoms with van der Waals surface area (Å²) in [5.74, 6) is 0.725. The second-order valence-electron chi connectivity index (χ2n) is 5.13. The number of ether oxygens (including phenoxy) is 1. The zero-order chi connectivity index (χ0) is 15.7. The minimum Gasteiger partial charge on any atom is -0.468 e. The van der Waals surface area contributed by atoms with E-state index in [2.05, 4.69) is 12.2 Å². The van der Waals surface area contributed by atoms with Crippen LogP contribution in [-0.2, 0) is 9.53 Å². The van der Waals surface area contributed by atoms with Gasteiger partial charge in [-0.3, -0.25) is 4.79 Å². The third-order valence-electron chi connectivity index (χ3n) is 3.32. The second-order valence-corrected chi connectivity index (χ2v) is 6.68. The Kier molecular flexibility index (Phi) is 8.15. The molecular weight excluding hydrogens is 306 g/mol. The molecule has 0 spiro atoms. The van der Waals surface area contributed by atoms with Crippen LogP contribution < -0.4 is 5.32 Å². The standard InChI is InChI=1S/C16H24ClNO2S/c1-4-11-18-16(2,15(19)20-3)10-7-12-21-14-9-6-5-8-13(14)17/h5-6,8-9,18H,4,7,10-12H2,1-3H3. The summed E-state index contributed by atoms with van der Waals surface area (Å²) < 4.78 is 4.92. The molecule has 0 bridgehead atoms. The molecule has 0 amide bonds. The quantitative estimate of drug-likeness (QED) is 0.420. The molecule has 0 aliphatic heterocycles. The third kappa shape index (κ3) is 5.89. The van der Waals surface area contributed by atoms with Crippen LogP contribution in [-0.4, -0.2) is 30.9 Å². The Bertz CT molecular complexity index is 456. The van der Waals surface area contributed by atoms with Gasteiger partial charge in [-0.25, -0.2) is 0 Å². The van der Waals surface area contributed by atoms with E-state index < -0.39 is 5.54 Å². The molecule has 21 heavy (non-hydrogen) atoms. The maximum Gasteiger partial charge on any atom is 0.325 e. The summed E-state index contributed by atoms with van der Waals surface area (Å²) in [4.78, 5) is 13.0. The molecule has 1 unspecified atom stereocenters. The summed E-state index contributed by atoms with van der Waals surface area (Å²) in [5.41, 5.74) is -0.605. The van der Waals surface area contributed by atoms with E-state index in [1.54, 1.807) is 11.8 Å². The molecule has 1 N–H and O–H groups in total. The summed E-state index contributed by atoms with van der Waals surface area (Å²) in [7, 11) is 1.44. The molecule has 1 aromatic carbocycles. The van der Waals surface area contributed by atoms with Crippen molar-refractivity contribution in [3.05, 3.63) is 29.3 Å². The molecule has 0 radical (unpaired) electrons. The largest absolute Gasteiger partial charge is 0.468 e. The molecule has 118 valence electrons. The highest BCUT2D eigenvalue weighted by Crippen LogP contribution is 2.28. The molecule has 0 aliphatic rings. The van der Waals surface area contributed by atoms with Gasteiger partial charge in [0, 0.05) is 4.90 Å². The first-order valence-corrected chi connectivity index (χ1v) is 8.60. The van der Waals surface area contributed by atoms with Gasteiger partial charge in [0.1, 0.15) is 5.54 Å². The van der Waals surface area contributed by atoms with Crippen molar-refractivity contribution in [3.63, 3.8) is 0 Å². The number of hydrogen-bond acceptors (Lipinski definition) is 4. The third-order valence-corrected chi connectivity index (χ3v) is 4.92. The summed E-state index contributed by atoms with van der Waals surface area (Å²) in [5, 5.41) is 4.08. The molecule has 0 saturated heterocycles. The monoisotopic (exact) mass is 329 g/mol. The number of benzene rings is 1. The van der Waals surface area contributed by atoms with Crippen LogP contribution in [0.2, 0.25) is 5.02 Å². The number of carbonyl (C=O) groups excluding carboxylic acids is 1. The Morgan fingerprint density at radius 3 is 2.76 bits per heavy atom. The van der Waals surface area contributed by atoms with Crippen molar-refractivity contribution in [1.29, 1.82) is 0 Å². The van der Waals surface area contributed by atoms with E-state index in [1.807, 2.05) is 31.2 Å². The van der Waals surface area contributed by atoms with Gasteiger partial charge in [-0.15, -0.1) is 11.8 Å². The van der Waals surface area contributed by atoms with Crippen molar-refractivity contribution in [2.45, 2.75) is 43.5 Å². The van der Waals surface area contributed by atoms with E-state index in [9.17, 15) is 4.79 Å². The highest BCUT2D eigenvalue weighted by atomic mass is 35.5. The second kappa shape index (κ2) is 9.34. The van der Waals surface area contributed by atoms with E-state index in [-0.39, 0.29) is 5.97 Å². The number of esters is 1. The van der Waals surface area contributed by atoms with Crippen molar-refractivity contribution in [3.8, 4) is 0 Å². The predicted octanol–water partition coefficient (Wildman–Crippen LogP) is 4.14. The van der Waals surface area contributed by atoms with E-state index in [0.29, 0.717) is 0 Å². The van der Waals surface area contributed by atoms with Gasteiger partial charge in [0.2, 0.25) is 0 Å². The zero-order valence-electron chi connectivity index (χ0n) is 12.9. The molecule has 0 heterocycles. The molecule has 0 aliphatic carbocycles. The van der Waals surface area contributed by atoms with E-state index >= 15 is 0 Å². The lowest BCUT2D eigenvalue weighted by atomic mass is 9.96. The number of carbonyl (C=O) groups is 1. The fraction of sp³-hybridized carbons (Fsp3) is 0.562. The zero-order valence-corrected chi connectivity index (χ0v) is 14.5. The highest BCUT2D eigenvalue weighted by Gasteiger charge is 2.32. The van der Waals surface area contributed by atoms with Crippen molar-refractivity contribution >= 4 is 29.3 Å². The Hall–Kier alpha value is -0.710. The minimum absolute atomic E-state index is 0.196. The molecular formula is C16H24ClNO2S. The van der Waals surface area contributed by atoms with E-state index in [0.717, 1.165) is 41.5 Å². The van der Waals surface area contributed by atoms with Gasteiger partial charge in [0.05, 0.1) is 12.1 Å². The average molecular weight is 330 g/mol. The Labute approximate surface area is 136 Å². The fourth-order valence-electron chi connectivity index (χ4n) is 2.06. The number of nitrogens with one attached hydrogen (secondary N) is 1. The molecule has 0 aromatic heterocycles. The minimum atomic E-state index is -0.605. The van der Waals surface area contributed by atoms with Crippen LogP contribution in [0.15, 0.2) is 29.2 Å². The van der Waals surface area contributed by atoms with Gasteiger partial charge in [0.25, 0.3) is 0 Å². The smallest absolute Gasteiger partial charge is 0.325 e. The molecule has 1 aromatic rings. The molecule has 3 nitrogen and oxygen atoms in total. The highest BCUT2D eigenvalue weighted by molar-refractivity contribution is 7.99. The lowest BCUT2D eigenvalue weighted by Gasteiger charge is -2.28. The lowest BCUT2D eigenvalue weighted by molar-refractivity contribution is -0.148. The van der Waals surface area contributed by atoms with Crippen molar-refractivity contribution < 1.29 is 9.53 Å². The van der Waals surface area contributed by atoms with Crippen LogP contribution in [0.25, 0.3) is 0 Å². The Balaban J connectivity index is 2.46.